The van der Waals surface area contributed by atoms with E-state index in [1.54, 1.807) is 24.1 Å². The van der Waals surface area contributed by atoms with Gasteiger partial charge in [0.05, 0.1) is 25.5 Å². The van der Waals surface area contributed by atoms with Crippen molar-refractivity contribution < 1.29 is 19.1 Å². The fraction of sp³-hybridized carbons (Fsp3) is 0.400. The van der Waals surface area contributed by atoms with Gasteiger partial charge in [-0.05, 0) is 48.2 Å². The Bertz CT molecular complexity index is 970. The largest absolute Gasteiger partial charge is 0.497 e. The van der Waals surface area contributed by atoms with Gasteiger partial charge in [0.25, 0.3) is 5.91 Å². The lowest BCUT2D eigenvalue weighted by molar-refractivity contribution is -0.142. The quantitative estimate of drug-likeness (QED) is 0.606. The number of hydrogen-bond acceptors (Lipinski definition) is 5. The summed E-state index contributed by atoms with van der Waals surface area (Å²) in [6.07, 6.45) is 2.40. The van der Waals surface area contributed by atoms with Crippen LogP contribution in [-0.4, -0.2) is 61.4 Å². The molecule has 0 aromatic heterocycles. The SMILES string of the molecule is COCCN(CC(=O)N1N=C(c2ccc(OC)cc2)C[C@@H]1c1ccccc1)C(=O)C1CC1. The number of rotatable bonds is 9. The maximum Gasteiger partial charge on any atom is 0.262 e. The molecule has 32 heavy (non-hydrogen) atoms. The second-order valence-electron chi connectivity index (χ2n) is 8.17. The van der Waals surface area contributed by atoms with E-state index >= 15 is 0 Å². The molecule has 7 nitrogen and oxygen atoms in total. The molecule has 2 aromatic rings. The second kappa shape index (κ2) is 9.96. The highest BCUT2D eigenvalue weighted by atomic mass is 16.5. The summed E-state index contributed by atoms with van der Waals surface area (Å²) in [4.78, 5) is 27.7. The van der Waals surface area contributed by atoms with Crippen molar-refractivity contribution in [1.82, 2.24) is 9.91 Å². The molecule has 0 spiro atoms. The van der Waals surface area contributed by atoms with E-state index in [2.05, 4.69) is 0 Å². The first kappa shape index (κ1) is 22.0. The van der Waals surface area contributed by atoms with Gasteiger partial charge in [0.2, 0.25) is 5.91 Å². The monoisotopic (exact) mass is 435 g/mol. The molecule has 168 valence electrons. The molecule has 2 aromatic carbocycles. The van der Waals surface area contributed by atoms with Crippen molar-refractivity contribution in [3.8, 4) is 5.75 Å². The van der Waals surface area contributed by atoms with Crippen LogP contribution in [0.2, 0.25) is 0 Å². The Morgan fingerprint density at radius 1 is 1.06 bits per heavy atom. The zero-order chi connectivity index (χ0) is 22.5. The van der Waals surface area contributed by atoms with Crippen LogP contribution in [-0.2, 0) is 14.3 Å². The Hall–Kier alpha value is -3.19. The van der Waals surface area contributed by atoms with Crippen LogP contribution in [0.3, 0.4) is 0 Å². The normalized spacial score (nSPS) is 17.8. The fourth-order valence-corrected chi connectivity index (χ4v) is 3.93. The van der Waals surface area contributed by atoms with Crippen LogP contribution in [0.15, 0.2) is 59.7 Å². The molecule has 7 heteroatoms. The molecular weight excluding hydrogens is 406 g/mol. The molecule has 0 radical (unpaired) electrons. The molecule has 1 atom stereocenters. The van der Waals surface area contributed by atoms with E-state index in [4.69, 9.17) is 14.6 Å². The Labute approximate surface area is 188 Å². The highest BCUT2D eigenvalue weighted by molar-refractivity contribution is 6.03. The summed E-state index contributed by atoms with van der Waals surface area (Å²) >= 11 is 0. The average molecular weight is 436 g/mol. The molecule has 1 fully saturated rings. The zero-order valence-electron chi connectivity index (χ0n) is 18.6. The predicted octanol–water partition coefficient (Wildman–Crippen LogP) is 3.26. The van der Waals surface area contributed by atoms with Crippen LogP contribution in [0, 0.1) is 5.92 Å². The molecule has 1 saturated carbocycles. The van der Waals surface area contributed by atoms with Gasteiger partial charge in [-0.2, -0.15) is 5.10 Å². The summed E-state index contributed by atoms with van der Waals surface area (Å²) in [5.41, 5.74) is 2.81. The maximum absolute atomic E-state index is 13.4. The van der Waals surface area contributed by atoms with E-state index in [1.165, 1.54) is 0 Å². The standard InChI is InChI=1S/C25H29N3O4/c1-31-15-14-27(25(30)20-8-9-20)17-24(29)28-23(19-6-4-3-5-7-19)16-22(26-28)18-10-12-21(32-2)13-11-18/h3-7,10-13,20,23H,8-9,14-17H2,1-2H3/t23-/m1/s1. The zero-order valence-corrected chi connectivity index (χ0v) is 18.6. The van der Waals surface area contributed by atoms with E-state index < -0.39 is 0 Å². The van der Waals surface area contributed by atoms with Gasteiger partial charge in [0, 0.05) is 26.0 Å². The van der Waals surface area contributed by atoms with E-state index in [0.29, 0.717) is 19.6 Å². The number of carbonyl (C=O) groups excluding carboxylic acids is 2. The lowest BCUT2D eigenvalue weighted by Gasteiger charge is -2.27. The minimum absolute atomic E-state index is 0.00141. The molecule has 4 rings (SSSR count). The van der Waals surface area contributed by atoms with Crippen LogP contribution in [0.1, 0.15) is 36.4 Å². The predicted molar refractivity (Wildman–Crippen MR) is 121 cm³/mol. The van der Waals surface area contributed by atoms with Crippen molar-refractivity contribution in [1.29, 1.82) is 0 Å². The van der Waals surface area contributed by atoms with Crippen LogP contribution in [0.4, 0.5) is 0 Å². The first-order valence-electron chi connectivity index (χ1n) is 11.0. The Kier molecular flexibility index (Phi) is 6.85. The lowest BCUT2D eigenvalue weighted by atomic mass is 9.98. The number of methoxy groups -OCH3 is 2. The molecule has 0 bridgehead atoms. The lowest BCUT2D eigenvalue weighted by Crippen LogP contribution is -2.43. The van der Waals surface area contributed by atoms with E-state index in [1.807, 2.05) is 54.6 Å². The van der Waals surface area contributed by atoms with Crippen LogP contribution in [0.5, 0.6) is 5.75 Å². The van der Waals surface area contributed by atoms with Crippen molar-refractivity contribution in [2.75, 3.05) is 33.9 Å². The molecule has 2 aliphatic rings. The highest BCUT2D eigenvalue weighted by Crippen LogP contribution is 2.34. The van der Waals surface area contributed by atoms with Gasteiger partial charge in [-0.25, -0.2) is 5.01 Å². The number of nitrogens with zero attached hydrogens (tertiary/aromatic N) is 3. The second-order valence-corrected chi connectivity index (χ2v) is 8.17. The molecule has 1 aliphatic heterocycles. The van der Waals surface area contributed by atoms with E-state index in [9.17, 15) is 9.59 Å². The van der Waals surface area contributed by atoms with Crippen LogP contribution >= 0.6 is 0 Å². The van der Waals surface area contributed by atoms with E-state index in [0.717, 1.165) is 35.4 Å². The molecule has 2 amide bonds. The van der Waals surface area contributed by atoms with Gasteiger partial charge < -0.3 is 14.4 Å². The topological polar surface area (TPSA) is 71.4 Å². The third-order valence-corrected chi connectivity index (χ3v) is 5.90. The van der Waals surface area contributed by atoms with Crippen LogP contribution < -0.4 is 4.74 Å². The van der Waals surface area contributed by atoms with E-state index in [-0.39, 0.29) is 30.3 Å². The Balaban J connectivity index is 1.58. The van der Waals surface area contributed by atoms with Gasteiger partial charge in [-0.3, -0.25) is 9.59 Å². The molecule has 0 unspecified atom stereocenters. The molecule has 0 saturated heterocycles. The highest BCUT2D eigenvalue weighted by Gasteiger charge is 2.37. The van der Waals surface area contributed by atoms with Gasteiger partial charge >= 0.3 is 0 Å². The summed E-state index contributed by atoms with van der Waals surface area (Å²) in [5, 5.41) is 6.27. The molecule has 1 heterocycles. The summed E-state index contributed by atoms with van der Waals surface area (Å²) in [6, 6.07) is 17.4. The molecule has 0 N–H and O–H groups in total. The number of amides is 2. The van der Waals surface area contributed by atoms with Gasteiger partial charge in [0.15, 0.2) is 0 Å². The third-order valence-electron chi connectivity index (χ3n) is 5.90. The molecular formula is C25H29N3O4. The number of ether oxygens (including phenoxy) is 2. The Morgan fingerprint density at radius 2 is 1.78 bits per heavy atom. The summed E-state index contributed by atoms with van der Waals surface area (Å²) < 4.78 is 10.4. The van der Waals surface area contributed by atoms with Crippen LogP contribution in [0.25, 0.3) is 0 Å². The third kappa shape index (κ3) is 4.99. The maximum atomic E-state index is 13.4. The minimum Gasteiger partial charge on any atom is -0.497 e. The van der Waals surface area contributed by atoms with Gasteiger partial charge in [0.1, 0.15) is 12.3 Å². The summed E-state index contributed by atoms with van der Waals surface area (Å²) in [5.74, 6) is 0.659. The van der Waals surface area contributed by atoms with Crippen molar-refractivity contribution in [3.05, 3.63) is 65.7 Å². The fourth-order valence-electron chi connectivity index (χ4n) is 3.93. The first-order chi connectivity index (χ1) is 15.6. The average Bonchev–Trinajstić information content (AvgIpc) is 3.59. The number of hydrogen-bond donors (Lipinski definition) is 0. The molecule has 1 aliphatic carbocycles. The summed E-state index contributed by atoms with van der Waals surface area (Å²) in [6.45, 7) is 0.798. The number of carbonyl (C=O) groups is 2. The number of hydrazone groups is 1. The van der Waals surface area contributed by atoms with Crippen molar-refractivity contribution >= 4 is 17.5 Å². The van der Waals surface area contributed by atoms with Crippen molar-refractivity contribution in [2.24, 2.45) is 11.0 Å². The van der Waals surface area contributed by atoms with Crippen molar-refractivity contribution in [2.45, 2.75) is 25.3 Å². The van der Waals surface area contributed by atoms with Gasteiger partial charge in [-0.15, -0.1) is 0 Å². The van der Waals surface area contributed by atoms with Gasteiger partial charge in [-0.1, -0.05) is 30.3 Å². The Morgan fingerprint density at radius 3 is 2.41 bits per heavy atom. The van der Waals surface area contributed by atoms with Crippen molar-refractivity contribution in [3.63, 3.8) is 0 Å². The smallest absolute Gasteiger partial charge is 0.262 e. The summed E-state index contributed by atoms with van der Waals surface area (Å²) in [7, 11) is 3.23. The number of benzene rings is 2. The minimum atomic E-state index is -0.207. The first-order valence-corrected chi connectivity index (χ1v) is 11.0.